The van der Waals surface area contributed by atoms with E-state index < -0.39 is 0 Å². The minimum absolute atomic E-state index is 0.0162. The lowest BCUT2D eigenvalue weighted by Gasteiger charge is -2.01. The van der Waals surface area contributed by atoms with Gasteiger partial charge in [0.2, 0.25) is 0 Å². The van der Waals surface area contributed by atoms with Crippen LogP contribution in [0.25, 0.3) is 5.69 Å². The molecule has 1 heterocycles. The van der Waals surface area contributed by atoms with Crippen molar-refractivity contribution in [3.05, 3.63) is 52.7 Å². The smallest absolute Gasteiger partial charge is 0.330 e. The van der Waals surface area contributed by atoms with E-state index in [0.29, 0.717) is 0 Å². The van der Waals surface area contributed by atoms with Crippen LogP contribution in [-0.4, -0.2) is 14.7 Å². The molecule has 1 aromatic carbocycles. The normalized spacial score (nSPS) is 10.4. The van der Waals surface area contributed by atoms with Crippen molar-refractivity contribution >= 4 is 0 Å². The minimum atomic E-state index is -0.165. The van der Waals surface area contributed by atoms with Crippen molar-refractivity contribution in [2.75, 3.05) is 0 Å². The highest BCUT2D eigenvalue weighted by molar-refractivity contribution is 5.34. The fourth-order valence-corrected chi connectivity index (χ4v) is 1.29. The number of aliphatic hydroxyl groups excluding tert-OH is 1. The molecule has 2 aromatic rings. The van der Waals surface area contributed by atoms with Gasteiger partial charge in [0.1, 0.15) is 0 Å². The molecule has 0 unspecified atom stereocenters. The van der Waals surface area contributed by atoms with Crippen LogP contribution >= 0.6 is 0 Å². The summed E-state index contributed by atoms with van der Waals surface area (Å²) in [4.78, 5) is 13.8. The fraction of sp³-hybridized carbons (Fsp3) is 0.100. The molecule has 0 atom stereocenters. The van der Waals surface area contributed by atoms with Gasteiger partial charge in [-0.25, -0.2) is 4.79 Å². The lowest BCUT2D eigenvalue weighted by Crippen LogP contribution is -2.13. The molecule has 0 radical (unpaired) electrons. The maximum absolute atomic E-state index is 11.2. The lowest BCUT2D eigenvalue weighted by atomic mass is 10.2. The van der Waals surface area contributed by atoms with Gasteiger partial charge in [0.15, 0.2) is 0 Å². The average Bonchev–Trinajstić information content (AvgIpc) is 2.65. The first-order valence-corrected chi connectivity index (χ1v) is 4.27. The summed E-state index contributed by atoms with van der Waals surface area (Å²) in [6.07, 6.45) is 3.25. The van der Waals surface area contributed by atoms with Crippen molar-refractivity contribution in [1.29, 1.82) is 0 Å². The molecular weight excluding hydrogens is 180 g/mol. The first-order valence-electron chi connectivity index (χ1n) is 4.27. The largest absolute Gasteiger partial charge is 0.392 e. The highest BCUT2D eigenvalue weighted by atomic mass is 16.3. The number of hydrogen-bond acceptors (Lipinski definition) is 2. The van der Waals surface area contributed by atoms with Crippen LogP contribution in [0.1, 0.15) is 5.56 Å². The lowest BCUT2D eigenvalue weighted by molar-refractivity contribution is 0.282. The van der Waals surface area contributed by atoms with Crippen LogP contribution in [-0.2, 0) is 6.61 Å². The van der Waals surface area contributed by atoms with Crippen LogP contribution in [0.4, 0.5) is 0 Å². The fourth-order valence-electron chi connectivity index (χ4n) is 1.29. The number of aliphatic hydroxyl groups is 1. The molecule has 0 fully saturated rings. The third-order valence-corrected chi connectivity index (χ3v) is 2.05. The van der Waals surface area contributed by atoms with E-state index >= 15 is 0 Å². The maximum atomic E-state index is 11.2. The zero-order chi connectivity index (χ0) is 9.97. The quantitative estimate of drug-likeness (QED) is 0.730. The van der Waals surface area contributed by atoms with Crippen molar-refractivity contribution in [3.8, 4) is 5.69 Å². The van der Waals surface area contributed by atoms with Crippen molar-refractivity contribution in [3.63, 3.8) is 0 Å². The van der Waals surface area contributed by atoms with Crippen LogP contribution in [0.5, 0.6) is 0 Å². The molecular formula is C10H10N2O2. The van der Waals surface area contributed by atoms with Crippen LogP contribution < -0.4 is 5.69 Å². The van der Waals surface area contributed by atoms with E-state index in [-0.39, 0.29) is 12.3 Å². The second-order valence-electron chi connectivity index (χ2n) is 2.96. The highest BCUT2D eigenvalue weighted by Crippen LogP contribution is 2.07. The molecule has 4 nitrogen and oxygen atoms in total. The van der Waals surface area contributed by atoms with Crippen LogP contribution in [0.15, 0.2) is 41.5 Å². The van der Waals surface area contributed by atoms with E-state index in [4.69, 9.17) is 5.11 Å². The molecule has 14 heavy (non-hydrogen) atoms. The third-order valence-electron chi connectivity index (χ3n) is 2.05. The zero-order valence-electron chi connectivity index (χ0n) is 7.47. The van der Waals surface area contributed by atoms with Gasteiger partial charge in [0.05, 0.1) is 12.3 Å². The van der Waals surface area contributed by atoms with E-state index in [1.807, 2.05) is 0 Å². The van der Waals surface area contributed by atoms with Gasteiger partial charge in [-0.2, -0.15) is 0 Å². The van der Waals surface area contributed by atoms with E-state index in [1.165, 1.54) is 4.57 Å². The van der Waals surface area contributed by atoms with Crippen LogP contribution in [0.2, 0.25) is 0 Å². The predicted octanol–water partition coefficient (Wildman–Crippen LogP) is 0.658. The van der Waals surface area contributed by atoms with Crippen LogP contribution in [0, 0.1) is 0 Å². The Morgan fingerprint density at radius 3 is 2.50 bits per heavy atom. The molecule has 0 bridgehead atoms. The second kappa shape index (κ2) is 3.51. The molecule has 2 rings (SSSR count). The Morgan fingerprint density at radius 1 is 1.29 bits per heavy atom. The molecule has 2 N–H and O–H groups in total. The standard InChI is InChI=1S/C10H10N2O2/c13-7-8-1-3-9(4-2-8)12-6-5-11-10(12)14/h1-6,13H,7H2,(H,11,14). The summed E-state index contributed by atoms with van der Waals surface area (Å²) >= 11 is 0. The van der Waals surface area contributed by atoms with E-state index in [9.17, 15) is 4.79 Å². The van der Waals surface area contributed by atoms with Gasteiger partial charge >= 0.3 is 5.69 Å². The number of nitrogens with zero attached hydrogens (tertiary/aromatic N) is 1. The number of imidazole rings is 1. The topological polar surface area (TPSA) is 58.0 Å². The number of aromatic nitrogens is 2. The van der Waals surface area contributed by atoms with Gasteiger partial charge in [0, 0.05) is 12.4 Å². The number of H-pyrrole nitrogens is 1. The summed E-state index contributed by atoms with van der Waals surface area (Å²) in [6, 6.07) is 7.16. The average molecular weight is 190 g/mol. The number of hydrogen-bond donors (Lipinski definition) is 2. The molecule has 0 aliphatic heterocycles. The summed E-state index contributed by atoms with van der Waals surface area (Å²) in [5.74, 6) is 0. The van der Waals surface area contributed by atoms with Crippen molar-refractivity contribution in [2.45, 2.75) is 6.61 Å². The zero-order valence-corrected chi connectivity index (χ0v) is 7.47. The Labute approximate surface area is 80.4 Å². The van der Waals surface area contributed by atoms with E-state index in [2.05, 4.69) is 4.98 Å². The number of nitrogens with one attached hydrogen (secondary N) is 1. The summed E-state index contributed by atoms with van der Waals surface area (Å²) in [7, 11) is 0. The molecule has 0 aliphatic carbocycles. The summed E-state index contributed by atoms with van der Waals surface area (Å²) in [6.45, 7) is 0.0162. The molecule has 1 aromatic heterocycles. The summed E-state index contributed by atoms with van der Waals surface area (Å²) in [5.41, 5.74) is 1.45. The first-order chi connectivity index (χ1) is 6.81. The Balaban J connectivity index is 2.44. The number of benzene rings is 1. The van der Waals surface area contributed by atoms with Gasteiger partial charge in [-0.05, 0) is 17.7 Å². The van der Waals surface area contributed by atoms with Crippen molar-refractivity contribution < 1.29 is 5.11 Å². The van der Waals surface area contributed by atoms with Gasteiger partial charge in [-0.3, -0.25) is 4.57 Å². The third kappa shape index (κ3) is 1.47. The van der Waals surface area contributed by atoms with Crippen LogP contribution in [0.3, 0.4) is 0 Å². The van der Waals surface area contributed by atoms with Gasteiger partial charge in [0.25, 0.3) is 0 Å². The maximum Gasteiger partial charge on any atom is 0.330 e. The minimum Gasteiger partial charge on any atom is -0.392 e. The molecule has 0 spiro atoms. The SMILES string of the molecule is O=c1[nH]ccn1-c1ccc(CO)cc1. The monoisotopic (exact) mass is 190 g/mol. The van der Waals surface area contributed by atoms with Gasteiger partial charge in [-0.15, -0.1) is 0 Å². The molecule has 0 saturated heterocycles. The summed E-state index contributed by atoms with van der Waals surface area (Å²) < 4.78 is 1.50. The van der Waals surface area contributed by atoms with Gasteiger partial charge < -0.3 is 10.1 Å². The Bertz CT molecular complexity index is 467. The molecule has 0 amide bonds. The molecule has 0 aliphatic rings. The Morgan fingerprint density at radius 2 is 2.00 bits per heavy atom. The van der Waals surface area contributed by atoms with Crippen molar-refractivity contribution in [2.24, 2.45) is 0 Å². The number of aromatic amines is 1. The first kappa shape index (κ1) is 8.77. The summed E-state index contributed by atoms with van der Waals surface area (Å²) in [5, 5.41) is 8.84. The van der Waals surface area contributed by atoms with Crippen molar-refractivity contribution in [1.82, 2.24) is 9.55 Å². The van der Waals surface area contributed by atoms with Gasteiger partial charge in [-0.1, -0.05) is 12.1 Å². The second-order valence-corrected chi connectivity index (χ2v) is 2.96. The molecule has 72 valence electrons. The molecule has 0 saturated carbocycles. The Kier molecular flexibility index (Phi) is 2.20. The van der Waals surface area contributed by atoms with E-state index in [0.717, 1.165) is 11.3 Å². The highest BCUT2D eigenvalue weighted by Gasteiger charge is 1.98. The molecule has 4 heteroatoms. The Hall–Kier alpha value is -1.81. The number of rotatable bonds is 2. The predicted molar refractivity (Wildman–Crippen MR) is 52.3 cm³/mol. The van der Waals surface area contributed by atoms with E-state index in [1.54, 1.807) is 36.7 Å².